The van der Waals surface area contributed by atoms with E-state index in [1.807, 2.05) is 0 Å². The highest BCUT2D eigenvalue weighted by Gasteiger charge is 2.27. The molecule has 0 spiro atoms. The number of benzene rings is 3. The fraction of sp³-hybridized carbons (Fsp3) is 0.179. The highest BCUT2D eigenvalue weighted by Crippen LogP contribution is 2.44. The fourth-order valence-corrected chi connectivity index (χ4v) is 4.91. The molecule has 0 radical (unpaired) electrons. The Morgan fingerprint density at radius 1 is 0.690 bits per heavy atom. The van der Waals surface area contributed by atoms with Crippen molar-refractivity contribution in [3.63, 3.8) is 0 Å². The average Bonchev–Trinajstić information content (AvgIpc) is 3.10. The van der Waals surface area contributed by atoms with Crippen LogP contribution in [0.2, 0.25) is 0 Å². The monoisotopic (exact) mass is 376 g/mol. The van der Waals surface area contributed by atoms with Gasteiger partial charge in [-0.3, -0.25) is 0 Å². The van der Waals surface area contributed by atoms with Gasteiger partial charge in [0.05, 0.1) is 5.56 Å². The molecular weight excluding hydrogens is 350 g/mol. The summed E-state index contributed by atoms with van der Waals surface area (Å²) >= 11 is 0. The predicted molar refractivity (Wildman–Crippen MR) is 121 cm³/mol. The molecule has 1 aromatic heterocycles. The van der Waals surface area contributed by atoms with Crippen LogP contribution in [0.4, 0.5) is 0 Å². The summed E-state index contributed by atoms with van der Waals surface area (Å²) in [4.78, 5) is 0. The Morgan fingerprint density at radius 2 is 1.45 bits per heavy atom. The van der Waals surface area contributed by atoms with Gasteiger partial charge in [-0.05, 0) is 71.7 Å². The second-order valence-corrected chi connectivity index (χ2v) is 8.30. The summed E-state index contributed by atoms with van der Waals surface area (Å²) < 4.78 is 2.30. The molecule has 4 aromatic rings. The first-order valence-electron chi connectivity index (χ1n) is 10.3. The van der Waals surface area contributed by atoms with E-state index in [0.717, 1.165) is 6.42 Å². The lowest BCUT2D eigenvalue weighted by atomic mass is 9.92. The predicted octanol–water partition coefficient (Wildman–Crippen LogP) is 6.34. The van der Waals surface area contributed by atoms with Crippen molar-refractivity contribution in [2.75, 3.05) is 0 Å². The third-order valence-electron chi connectivity index (χ3n) is 6.34. The lowest BCUT2D eigenvalue weighted by Crippen LogP contribution is -2.31. The van der Waals surface area contributed by atoms with Gasteiger partial charge >= 0.3 is 0 Å². The van der Waals surface area contributed by atoms with Crippen molar-refractivity contribution in [1.82, 2.24) is 0 Å². The van der Waals surface area contributed by atoms with Crippen LogP contribution in [0.25, 0.3) is 33.5 Å². The first-order chi connectivity index (χ1) is 14.0. The minimum atomic E-state index is 1.02. The summed E-state index contributed by atoms with van der Waals surface area (Å²) in [6.45, 7) is 6.70. The van der Waals surface area contributed by atoms with E-state index in [2.05, 4.69) is 105 Å². The summed E-state index contributed by atoms with van der Waals surface area (Å²) in [5, 5.41) is 0. The molecule has 0 bridgehead atoms. The second-order valence-electron chi connectivity index (χ2n) is 8.30. The van der Waals surface area contributed by atoms with Crippen molar-refractivity contribution in [1.29, 1.82) is 0 Å². The third-order valence-corrected chi connectivity index (χ3v) is 6.34. The molecule has 0 aliphatic heterocycles. The minimum Gasteiger partial charge on any atom is -0.200 e. The smallest absolute Gasteiger partial charge is 0.200 e. The zero-order valence-corrected chi connectivity index (χ0v) is 17.6. The molecule has 0 fully saturated rings. The molecule has 1 aliphatic rings. The molecule has 1 heterocycles. The van der Waals surface area contributed by atoms with Crippen molar-refractivity contribution in [2.45, 2.75) is 27.2 Å². The van der Waals surface area contributed by atoms with Crippen molar-refractivity contribution in [3.8, 4) is 33.5 Å². The maximum atomic E-state index is 2.36. The summed E-state index contributed by atoms with van der Waals surface area (Å²) in [6, 6.07) is 24.3. The molecule has 1 nitrogen and oxygen atoms in total. The number of aryl methyl sites for hydroxylation is 4. The first kappa shape index (κ1) is 17.9. The van der Waals surface area contributed by atoms with Crippen LogP contribution >= 0.6 is 0 Å². The van der Waals surface area contributed by atoms with Crippen LogP contribution in [-0.4, -0.2) is 0 Å². The summed E-state index contributed by atoms with van der Waals surface area (Å²) in [6.07, 6.45) is 3.30. The molecule has 0 N–H and O–H groups in total. The van der Waals surface area contributed by atoms with Gasteiger partial charge in [0.1, 0.15) is 7.05 Å². The Balaban J connectivity index is 1.71. The minimum absolute atomic E-state index is 1.02. The van der Waals surface area contributed by atoms with E-state index in [-0.39, 0.29) is 0 Å². The van der Waals surface area contributed by atoms with Gasteiger partial charge in [-0.1, -0.05) is 60.7 Å². The van der Waals surface area contributed by atoms with Gasteiger partial charge in [0.25, 0.3) is 0 Å². The number of fused-ring (bicyclic) bond motifs is 3. The summed E-state index contributed by atoms with van der Waals surface area (Å²) in [5.74, 6) is 0. The molecule has 1 heteroatoms. The molecular formula is C28H26N+. The number of rotatable bonds is 2. The number of pyridine rings is 1. The Labute approximate surface area is 173 Å². The van der Waals surface area contributed by atoms with E-state index in [1.165, 1.54) is 61.3 Å². The number of hydrogen-bond donors (Lipinski definition) is 0. The van der Waals surface area contributed by atoms with Crippen LogP contribution in [0, 0.1) is 20.8 Å². The number of aromatic nitrogens is 1. The molecule has 29 heavy (non-hydrogen) atoms. The zero-order valence-electron chi connectivity index (χ0n) is 17.6. The van der Waals surface area contributed by atoms with Gasteiger partial charge < -0.3 is 0 Å². The van der Waals surface area contributed by atoms with Gasteiger partial charge in [-0.2, -0.15) is 0 Å². The van der Waals surface area contributed by atoms with Crippen LogP contribution in [0.3, 0.4) is 0 Å². The number of hydrogen-bond acceptors (Lipinski definition) is 0. The molecule has 142 valence electrons. The maximum absolute atomic E-state index is 2.36. The van der Waals surface area contributed by atoms with E-state index in [9.17, 15) is 0 Å². The van der Waals surface area contributed by atoms with E-state index in [1.54, 1.807) is 0 Å². The molecule has 5 rings (SSSR count). The Hall–Kier alpha value is -3.19. The van der Waals surface area contributed by atoms with Crippen molar-refractivity contribution >= 4 is 0 Å². The largest absolute Gasteiger partial charge is 0.213 e. The third kappa shape index (κ3) is 2.81. The van der Waals surface area contributed by atoms with Gasteiger partial charge in [0.2, 0.25) is 5.69 Å². The molecule has 0 amide bonds. The van der Waals surface area contributed by atoms with E-state index in [0.29, 0.717) is 0 Å². The average molecular weight is 377 g/mol. The quantitative estimate of drug-likeness (QED) is 0.316. The van der Waals surface area contributed by atoms with Gasteiger partial charge in [0, 0.05) is 11.6 Å². The maximum Gasteiger partial charge on any atom is 0.213 e. The van der Waals surface area contributed by atoms with Crippen LogP contribution in [-0.2, 0) is 13.5 Å². The molecule has 0 atom stereocenters. The van der Waals surface area contributed by atoms with Crippen molar-refractivity contribution in [2.24, 2.45) is 7.05 Å². The zero-order chi connectivity index (χ0) is 20.1. The summed E-state index contributed by atoms with van der Waals surface area (Å²) in [5.41, 5.74) is 15.0. The van der Waals surface area contributed by atoms with E-state index >= 15 is 0 Å². The van der Waals surface area contributed by atoms with E-state index < -0.39 is 0 Å². The number of nitrogens with zero attached hydrogens (tertiary/aromatic N) is 1. The SMILES string of the molecule is Cc1cc(-c2c(C)ccc3c2Cc2cccc(C)c2-3)[n+](C)cc1-c1ccccc1. The van der Waals surface area contributed by atoms with Crippen molar-refractivity contribution in [3.05, 3.63) is 101 Å². The molecule has 3 aromatic carbocycles. The van der Waals surface area contributed by atoms with Crippen LogP contribution in [0.15, 0.2) is 72.9 Å². The highest BCUT2D eigenvalue weighted by atomic mass is 14.9. The van der Waals surface area contributed by atoms with Gasteiger partial charge in [-0.25, -0.2) is 4.57 Å². The van der Waals surface area contributed by atoms with Crippen LogP contribution in [0.1, 0.15) is 27.8 Å². The Kier molecular flexibility index (Phi) is 4.13. The molecule has 1 aliphatic carbocycles. The topological polar surface area (TPSA) is 3.88 Å². The second kappa shape index (κ2) is 6.70. The van der Waals surface area contributed by atoms with Crippen LogP contribution < -0.4 is 4.57 Å². The highest BCUT2D eigenvalue weighted by molar-refractivity contribution is 5.86. The van der Waals surface area contributed by atoms with Crippen LogP contribution in [0.5, 0.6) is 0 Å². The Bertz CT molecular complexity index is 1250. The summed E-state index contributed by atoms with van der Waals surface area (Å²) in [7, 11) is 2.17. The van der Waals surface area contributed by atoms with E-state index in [4.69, 9.17) is 0 Å². The normalized spacial score (nSPS) is 12.0. The fourth-order valence-electron chi connectivity index (χ4n) is 4.91. The lowest BCUT2D eigenvalue weighted by Gasteiger charge is -2.13. The Morgan fingerprint density at radius 3 is 2.24 bits per heavy atom. The molecule has 0 saturated heterocycles. The molecule has 0 saturated carbocycles. The molecule has 0 unspecified atom stereocenters. The standard InChI is InChI=1S/C28H26N/c1-18-9-8-12-22-16-24-23(27(18)22)14-13-19(2)28(24)26-15-20(3)25(17-29(26)4)21-10-6-5-7-11-21/h5-15,17H,16H2,1-4H3/q+1. The van der Waals surface area contributed by atoms with Gasteiger partial charge in [0.15, 0.2) is 6.20 Å². The van der Waals surface area contributed by atoms with Gasteiger partial charge in [-0.15, -0.1) is 0 Å². The first-order valence-corrected chi connectivity index (χ1v) is 10.3. The lowest BCUT2D eigenvalue weighted by molar-refractivity contribution is -0.660. The van der Waals surface area contributed by atoms with Crippen molar-refractivity contribution < 1.29 is 4.57 Å².